The third kappa shape index (κ3) is 4.16. The number of pyridine rings is 1. The van der Waals surface area contributed by atoms with E-state index in [1.54, 1.807) is 26.8 Å². The molecule has 154 valence electrons. The molecule has 0 saturated heterocycles. The van der Waals surface area contributed by atoms with Gasteiger partial charge in [0.15, 0.2) is 0 Å². The van der Waals surface area contributed by atoms with Gasteiger partial charge in [-0.2, -0.15) is 0 Å². The summed E-state index contributed by atoms with van der Waals surface area (Å²) in [6.07, 6.45) is -0.729. The number of carbonyl (C=O) groups is 1. The van der Waals surface area contributed by atoms with E-state index in [9.17, 15) is 15.0 Å². The van der Waals surface area contributed by atoms with Gasteiger partial charge in [0.1, 0.15) is 0 Å². The summed E-state index contributed by atoms with van der Waals surface area (Å²) in [7, 11) is 0. The minimum Gasteiger partial charge on any atom is -0.394 e. The Labute approximate surface area is 170 Å². The maximum absolute atomic E-state index is 13.5. The minimum atomic E-state index is -0.729. The summed E-state index contributed by atoms with van der Waals surface area (Å²) in [6.45, 7) is 9.02. The number of aliphatic hydroxyl groups is 2. The van der Waals surface area contributed by atoms with Crippen molar-refractivity contribution >= 4 is 17.0 Å². The SMILES string of the molecule is Cc1ccc(-c2cc(C(=O)N(CC(C)O)C(C)CO)c3c(C)noc3n2)c(C)c1. The van der Waals surface area contributed by atoms with Crippen LogP contribution in [0.2, 0.25) is 0 Å². The van der Waals surface area contributed by atoms with Gasteiger partial charge in [-0.3, -0.25) is 4.79 Å². The van der Waals surface area contributed by atoms with Crippen molar-refractivity contribution in [2.75, 3.05) is 13.2 Å². The number of fused-ring (bicyclic) bond motifs is 1. The van der Waals surface area contributed by atoms with Crippen LogP contribution in [-0.2, 0) is 0 Å². The van der Waals surface area contributed by atoms with Crippen LogP contribution in [0.15, 0.2) is 28.8 Å². The van der Waals surface area contributed by atoms with E-state index < -0.39 is 12.1 Å². The summed E-state index contributed by atoms with van der Waals surface area (Å²) in [5.41, 5.74) is 4.94. The Bertz CT molecular complexity index is 1040. The number of benzene rings is 1. The van der Waals surface area contributed by atoms with E-state index in [1.165, 1.54) is 4.90 Å². The predicted octanol–water partition coefficient (Wildman–Crippen LogP) is 3.02. The standard InChI is InChI=1S/C22H27N3O4/c1-12-6-7-17(13(2)8-12)19-9-18(20-16(5)24-29-21(20)23-19)22(28)25(10-15(4)27)14(3)11-26/h6-9,14-15,26-27H,10-11H2,1-5H3. The average molecular weight is 397 g/mol. The van der Waals surface area contributed by atoms with Crippen LogP contribution in [-0.4, -0.2) is 56.5 Å². The van der Waals surface area contributed by atoms with E-state index in [2.05, 4.69) is 16.2 Å². The fourth-order valence-electron chi connectivity index (χ4n) is 3.50. The highest BCUT2D eigenvalue weighted by Crippen LogP contribution is 2.30. The minimum absolute atomic E-state index is 0.105. The first kappa shape index (κ1) is 21.0. The first-order chi connectivity index (χ1) is 13.7. The van der Waals surface area contributed by atoms with Crippen LogP contribution in [0.3, 0.4) is 0 Å². The third-order valence-electron chi connectivity index (χ3n) is 5.02. The first-order valence-electron chi connectivity index (χ1n) is 9.67. The second kappa shape index (κ2) is 8.31. The molecule has 7 heteroatoms. The summed E-state index contributed by atoms with van der Waals surface area (Å²) >= 11 is 0. The van der Waals surface area contributed by atoms with E-state index >= 15 is 0 Å². The quantitative estimate of drug-likeness (QED) is 0.663. The fourth-order valence-corrected chi connectivity index (χ4v) is 3.50. The van der Waals surface area contributed by atoms with Gasteiger partial charge in [-0.25, -0.2) is 4.98 Å². The number of amides is 1. The molecule has 0 radical (unpaired) electrons. The van der Waals surface area contributed by atoms with Crippen LogP contribution in [0.1, 0.15) is 41.0 Å². The molecule has 29 heavy (non-hydrogen) atoms. The largest absolute Gasteiger partial charge is 0.394 e. The Morgan fingerprint density at radius 3 is 2.55 bits per heavy atom. The molecule has 2 aromatic heterocycles. The van der Waals surface area contributed by atoms with Crippen molar-refractivity contribution in [3.63, 3.8) is 0 Å². The molecule has 3 aromatic rings. The average Bonchev–Trinajstić information content (AvgIpc) is 3.05. The van der Waals surface area contributed by atoms with E-state index in [-0.39, 0.29) is 24.8 Å². The van der Waals surface area contributed by atoms with Crippen molar-refractivity contribution in [1.29, 1.82) is 0 Å². The van der Waals surface area contributed by atoms with E-state index in [1.807, 2.05) is 26.0 Å². The summed E-state index contributed by atoms with van der Waals surface area (Å²) < 4.78 is 5.38. The van der Waals surface area contributed by atoms with Gasteiger partial charge in [-0.1, -0.05) is 28.9 Å². The molecule has 0 aliphatic rings. The molecule has 0 bridgehead atoms. The molecule has 2 atom stereocenters. The Hall–Kier alpha value is -2.77. The predicted molar refractivity (Wildman–Crippen MR) is 111 cm³/mol. The topological polar surface area (TPSA) is 99.7 Å². The van der Waals surface area contributed by atoms with Crippen LogP contribution in [0.25, 0.3) is 22.4 Å². The number of aryl methyl sites for hydroxylation is 3. The smallest absolute Gasteiger partial charge is 0.259 e. The Kier molecular flexibility index (Phi) is 6.00. The molecule has 0 fully saturated rings. The van der Waals surface area contributed by atoms with Gasteiger partial charge in [-0.05, 0) is 46.2 Å². The van der Waals surface area contributed by atoms with Crippen molar-refractivity contribution in [2.45, 2.75) is 46.8 Å². The Balaban J connectivity index is 2.19. The molecule has 1 amide bonds. The van der Waals surface area contributed by atoms with Crippen LogP contribution in [0.5, 0.6) is 0 Å². The second-order valence-electron chi connectivity index (χ2n) is 7.66. The highest BCUT2D eigenvalue weighted by Gasteiger charge is 2.27. The normalized spacial score (nSPS) is 13.5. The number of carbonyl (C=O) groups excluding carboxylic acids is 1. The zero-order chi connectivity index (χ0) is 21.3. The maximum atomic E-state index is 13.5. The Morgan fingerprint density at radius 1 is 1.21 bits per heavy atom. The van der Waals surface area contributed by atoms with Gasteiger partial charge in [-0.15, -0.1) is 0 Å². The van der Waals surface area contributed by atoms with Gasteiger partial charge < -0.3 is 19.6 Å². The van der Waals surface area contributed by atoms with Crippen LogP contribution in [0, 0.1) is 20.8 Å². The lowest BCUT2D eigenvalue weighted by atomic mass is 9.99. The molecule has 2 unspecified atom stereocenters. The zero-order valence-electron chi connectivity index (χ0n) is 17.4. The second-order valence-corrected chi connectivity index (χ2v) is 7.66. The first-order valence-corrected chi connectivity index (χ1v) is 9.67. The number of hydrogen-bond donors (Lipinski definition) is 2. The van der Waals surface area contributed by atoms with Crippen molar-refractivity contribution in [3.8, 4) is 11.3 Å². The number of aromatic nitrogens is 2. The molecule has 0 aliphatic heterocycles. The van der Waals surface area contributed by atoms with Crippen LogP contribution < -0.4 is 0 Å². The maximum Gasteiger partial charge on any atom is 0.259 e. The summed E-state index contributed by atoms with van der Waals surface area (Å²) in [5, 5.41) is 24.0. The van der Waals surface area contributed by atoms with Crippen LogP contribution >= 0.6 is 0 Å². The number of hydrogen-bond acceptors (Lipinski definition) is 6. The van der Waals surface area contributed by atoms with Gasteiger partial charge >= 0.3 is 0 Å². The lowest BCUT2D eigenvalue weighted by molar-refractivity contribution is 0.0474. The molecule has 2 heterocycles. The van der Waals surface area contributed by atoms with Crippen LogP contribution in [0.4, 0.5) is 0 Å². The fraction of sp³-hybridized carbons (Fsp3) is 0.409. The van der Waals surface area contributed by atoms with Crippen molar-refractivity contribution in [3.05, 3.63) is 46.6 Å². The van der Waals surface area contributed by atoms with E-state index in [4.69, 9.17) is 4.52 Å². The Morgan fingerprint density at radius 2 is 1.93 bits per heavy atom. The lowest BCUT2D eigenvalue weighted by Gasteiger charge is -2.29. The molecule has 0 aliphatic carbocycles. The monoisotopic (exact) mass is 397 g/mol. The zero-order valence-corrected chi connectivity index (χ0v) is 17.4. The molecular formula is C22H27N3O4. The highest BCUT2D eigenvalue weighted by atomic mass is 16.5. The molecule has 0 spiro atoms. The molecule has 7 nitrogen and oxygen atoms in total. The summed E-state index contributed by atoms with van der Waals surface area (Å²) in [4.78, 5) is 19.5. The number of aliphatic hydroxyl groups excluding tert-OH is 2. The number of nitrogens with zero attached hydrogens (tertiary/aromatic N) is 3. The summed E-state index contributed by atoms with van der Waals surface area (Å²) in [6, 6.07) is 7.31. The van der Waals surface area contributed by atoms with Crippen molar-refractivity contribution in [1.82, 2.24) is 15.0 Å². The third-order valence-corrected chi connectivity index (χ3v) is 5.02. The molecule has 2 N–H and O–H groups in total. The van der Waals surface area contributed by atoms with E-state index in [0.717, 1.165) is 16.7 Å². The lowest BCUT2D eigenvalue weighted by Crippen LogP contribution is -2.44. The van der Waals surface area contributed by atoms with Crippen molar-refractivity contribution < 1.29 is 19.5 Å². The van der Waals surface area contributed by atoms with Gasteiger partial charge in [0.05, 0.1) is 41.1 Å². The van der Waals surface area contributed by atoms with E-state index in [0.29, 0.717) is 22.3 Å². The highest BCUT2D eigenvalue weighted by molar-refractivity contribution is 6.07. The van der Waals surface area contributed by atoms with Gasteiger partial charge in [0, 0.05) is 12.1 Å². The number of rotatable bonds is 6. The van der Waals surface area contributed by atoms with Crippen molar-refractivity contribution in [2.24, 2.45) is 0 Å². The summed E-state index contributed by atoms with van der Waals surface area (Å²) in [5.74, 6) is -0.308. The van der Waals surface area contributed by atoms with Gasteiger partial charge in [0.2, 0.25) is 0 Å². The molecule has 0 saturated carbocycles. The molecular weight excluding hydrogens is 370 g/mol. The molecule has 3 rings (SSSR count). The molecule has 1 aromatic carbocycles. The van der Waals surface area contributed by atoms with Gasteiger partial charge in [0.25, 0.3) is 11.6 Å².